The Labute approximate surface area is 94.9 Å². The molecule has 15 heavy (non-hydrogen) atoms. The monoisotopic (exact) mass is 226 g/mol. The van der Waals surface area contributed by atoms with Crippen LogP contribution in [0.15, 0.2) is 18.9 Å². The summed E-state index contributed by atoms with van der Waals surface area (Å²) in [4.78, 5) is 0. The molecule has 0 aliphatic carbocycles. The molecule has 0 saturated carbocycles. The molecule has 1 unspecified atom stereocenters. The van der Waals surface area contributed by atoms with Gasteiger partial charge in [0.1, 0.15) is 0 Å². The molecule has 0 fully saturated rings. The van der Waals surface area contributed by atoms with Gasteiger partial charge in [0.2, 0.25) is 0 Å². The van der Waals surface area contributed by atoms with Gasteiger partial charge < -0.3 is 0 Å². The summed E-state index contributed by atoms with van der Waals surface area (Å²) in [5.74, 6) is 5.48. The van der Waals surface area contributed by atoms with Crippen LogP contribution in [0.3, 0.4) is 0 Å². The molecule has 3 N–H and O–H groups in total. The van der Waals surface area contributed by atoms with Gasteiger partial charge in [-0.1, -0.05) is 18.9 Å². The van der Waals surface area contributed by atoms with Crippen molar-refractivity contribution < 1.29 is 0 Å². The van der Waals surface area contributed by atoms with Crippen LogP contribution in [0.2, 0.25) is 0 Å². The highest BCUT2D eigenvalue weighted by Gasteiger charge is 2.11. The lowest BCUT2D eigenvalue weighted by molar-refractivity contribution is 0.477. The van der Waals surface area contributed by atoms with Crippen LogP contribution < -0.4 is 11.3 Å². The van der Waals surface area contributed by atoms with Crippen molar-refractivity contribution in [2.24, 2.45) is 5.84 Å². The largest absolute Gasteiger partial charge is 0.271 e. The van der Waals surface area contributed by atoms with Gasteiger partial charge in [-0.2, -0.15) is 8.75 Å². The maximum atomic E-state index is 5.48. The Bertz CT molecular complexity index is 260. The van der Waals surface area contributed by atoms with Crippen LogP contribution in [0.5, 0.6) is 0 Å². The predicted octanol–water partition coefficient (Wildman–Crippen LogP) is 2.18. The fourth-order valence-electron chi connectivity index (χ4n) is 1.46. The molecule has 0 aromatic carbocycles. The van der Waals surface area contributed by atoms with Crippen molar-refractivity contribution >= 4 is 11.7 Å². The summed E-state index contributed by atoms with van der Waals surface area (Å²) in [7, 11) is 0. The summed E-state index contributed by atoms with van der Waals surface area (Å²) < 4.78 is 8.14. The van der Waals surface area contributed by atoms with Gasteiger partial charge in [-0.3, -0.25) is 11.3 Å². The SMILES string of the molecule is C=CCCCCCC(NN)c1cnsn1. The van der Waals surface area contributed by atoms with E-state index in [2.05, 4.69) is 20.8 Å². The maximum absolute atomic E-state index is 5.48. The highest BCUT2D eigenvalue weighted by molar-refractivity contribution is 6.99. The molecule has 0 bridgehead atoms. The van der Waals surface area contributed by atoms with Crippen molar-refractivity contribution in [2.75, 3.05) is 0 Å². The Kier molecular flexibility index (Phi) is 6.15. The zero-order valence-electron chi connectivity index (χ0n) is 8.85. The van der Waals surface area contributed by atoms with Gasteiger partial charge in [0.25, 0.3) is 0 Å². The minimum Gasteiger partial charge on any atom is -0.271 e. The lowest BCUT2D eigenvalue weighted by Crippen LogP contribution is -2.28. The molecular formula is C10H18N4S. The van der Waals surface area contributed by atoms with Crippen molar-refractivity contribution in [3.63, 3.8) is 0 Å². The van der Waals surface area contributed by atoms with Gasteiger partial charge in [0.05, 0.1) is 29.7 Å². The van der Waals surface area contributed by atoms with E-state index in [-0.39, 0.29) is 6.04 Å². The third-order valence-electron chi connectivity index (χ3n) is 2.34. The van der Waals surface area contributed by atoms with Crippen LogP contribution in [0, 0.1) is 0 Å². The molecule has 1 rings (SSSR count). The molecule has 0 saturated heterocycles. The van der Waals surface area contributed by atoms with E-state index in [0.29, 0.717) is 0 Å². The number of hydrogen-bond acceptors (Lipinski definition) is 5. The Hall–Kier alpha value is -0.780. The first kappa shape index (κ1) is 12.3. The lowest BCUT2D eigenvalue weighted by atomic mass is 10.1. The van der Waals surface area contributed by atoms with E-state index in [9.17, 15) is 0 Å². The average Bonchev–Trinajstić information content (AvgIpc) is 2.77. The smallest absolute Gasteiger partial charge is 0.0925 e. The summed E-state index contributed by atoms with van der Waals surface area (Å²) in [6.07, 6.45) is 9.41. The molecule has 0 aliphatic heterocycles. The van der Waals surface area contributed by atoms with Crippen LogP contribution in [-0.2, 0) is 0 Å². The summed E-state index contributed by atoms with van der Waals surface area (Å²) in [5.41, 5.74) is 3.73. The first-order valence-electron chi connectivity index (χ1n) is 5.23. The Morgan fingerprint density at radius 1 is 1.53 bits per heavy atom. The van der Waals surface area contributed by atoms with Gasteiger partial charge in [0, 0.05) is 0 Å². The van der Waals surface area contributed by atoms with E-state index in [4.69, 9.17) is 5.84 Å². The fraction of sp³-hybridized carbons (Fsp3) is 0.600. The highest BCUT2D eigenvalue weighted by atomic mass is 32.1. The van der Waals surface area contributed by atoms with Gasteiger partial charge in [0.15, 0.2) is 0 Å². The number of aromatic nitrogens is 2. The number of hydrogen-bond donors (Lipinski definition) is 2. The minimum atomic E-state index is 0.146. The molecule has 0 spiro atoms. The molecule has 4 nitrogen and oxygen atoms in total. The van der Waals surface area contributed by atoms with Crippen LogP contribution in [-0.4, -0.2) is 8.75 Å². The molecule has 1 aromatic rings. The second-order valence-corrected chi connectivity index (χ2v) is 4.03. The van der Waals surface area contributed by atoms with E-state index in [1.165, 1.54) is 24.6 Å². The first-order chi connectivity index (χ1) is 7.38. The highest BCUT2D eigenvalue weighted by Crippen LogP contribution is 2.17. The Morgan fingerprint density at radius 2 is 2.40 bits per heavy atom. The third kappa shape index (κ3) is 4.51. The van der Waals surface area contributed by atoms with Crippen LogP contribution >= 0.6 is 11.7 Å². The van der Waals surface area contributed by atoms with E-state index >= 15 is 0 Å². The quantitative estimate of drug-likeness (QED) is 0.309. The number of nitrogens with one attached hydrogen (secondary N) is 1. The number of nitrogens with zero attached hydrogens (tertiary/aromatic N) is 2. The van der Waals surface area contributed by atoms with E-state index in [0.717, 1.165) is 25.0 Å². The number of rotatable bonds is 8. The topological polar surface area (TPSA) is 63.8 Å². The van der Waals surface area contributed by atoms with Crippen molar-refractivity contribution in [3.05, 3.63) is 24.5 Å². The molecule has 84 valence electrons. The van der Waals surface area contributed by atoms with Crippen LogP contribution in [0.4, 0.5) is 0 Å². The van der Waals surface area contributed by atoms with Crippen molar-refractivity contribution in [3.8, 4) is 0 Å². The molecule has 0 radical (unpaired) electrons. The van der Waals surface area contributed by atoms with E-state index in [1.807, 2.05) is 6.08 Å². The number of allylic oxidation sites excluding steroid dienone is 1. The van der Waals surface area contributed by atoms with E-state index in [1.54, 1.807) is 6.20 Å². The molecular weight excluding hydrogens is 208 g/mol. The number of nitrogens with two attached hydrogens (primary N) is 1. The van der Waals surface area contributed by atoms with Crippen LogP contribution in [0.25, 0.3) is 0 Å². The number of unbranched alkanes of at least 4 members (excludes halogenated alkanes) is 3. The first-order valence-corrected chi connectivity index (χ1v) is 5.96. The molecule has 1 heterocycles. The van der Waals surface area contributed by atoms with Gasteiger partial charge in [-0.15, -0.1) is 6.58 Å². The normalized spacial score (nSPS) is 12.6. The zero-order chi connectivity index (χ0) is 10.9. The lowest BCUT2D eigenvalue weighted by Gasteiger charge is -2.12. The average molecular weight is 226 g/mol. The fourth-order valence-corrected chi connectivity index (χ4v) is 1.93. The molecule has 0 aliphatic rings. The van der Waals surface area contributed by atoms with E-state index < -0.39 is 0 Å². The van der Waals surface area contributed by atoms with Gasteiger partial charge in [-0.25, -0.2) is 0 Å². The summed E-state index contributed by atoms with van der Waals surface area (Å²) >= 11 is 1.22. The van der Waals surface area contributed by atoms with Crippen molar-refractivity contribution in [2.45, 2.75) is 38.1 Å². The molecule has 5 heteroatoms. The summed E-state index contributed by atoms with van der Waals surface area (Å²) in [6.45, 7) is 3.70. The molecule has 1 aromatic heterocycles. The van der Waals surface area contributed by atoms with Gasteiger partial charge >= 0.3 is 0 Å². The Balaban J connectivity index is 2.20. The van der Waals surface area contributed by atoms with Crippen molar-refractivity contribution in [1.29, 1.82) is 0 Å². The van der Waals surface area contributed by atoms with Crippen molar-refractivity contribution in [1.82, 2.24) is 14.2 Å². The zero-order valence-corrected chi connectivity index (χ0v) is 9.67. The third-order valence-corrected chi connectivity index (χ3v) is 2.83. The molecule has 1 atom stereocenters. The summed E-state index contributed by atoms with van der Waals surface area (Å²) in [5, 5.41) is 0. The van der Waals surface area contributed by atoms with Gasteiger partial charge in [-0.05, 0) is 19.3 Å². The molecule has 0 amide bonds. The second kappa shape index (κ2) is 7.50. The standard InChI is InChI=1S/C10H18N4S/c1-2-3-4-5-6-7-9(13-11)10-8-12-15-14-10/h2,8-9,13H,1,3-7,11H2. The summed E-state index contributed by atoms with van der Waals surface area (Å²) in [6, 6.07) is 0.146. The minimum absolute atomic E-state index is 0.146. The number of hydrazine groups is 1. The predicted molar refractivity (Wildman–Crippen MR) is 63.3 cm³/mol. The van der Waals surface area contributed by atoms with Crippen LogP contribution in [0.1, 0.15) is 43.8 Å². The maximum Gasteiger partial charge on any atom is 0.0925 e. The second-order valence-electron chi connectivity index (χ2n) is 3.48. The Morgan fingerprint density at radius 3 is 3.00 bits per heavy atom.